The number of unbranched alkanes of at least 4 members (excludes halogenated alkanes) is 6. The van der Waals surface area contributed by atoms with E-state index in [2.05, 4.69) is 45.0 Å². The molecule has 0 saturated carbocycles. The highest BCUT2D eigenvalue weighted by Crippen LogP contribution is 2.39. The second-order valence-electron chi connectivity index (χ2n) is 6.90. The van der Waals surface area contributed by atoms with Crippen LogP contribution in [0.4, 0.5) is 0 Å². The van der Waals surface area contributed by atoms with Crippen LogP contribution in [0.2, 0.25) is 0 Å². The van der Waals surface area contributed by atoms with E-state index in [1.807, 2.05) is 6.07 Å². The number of rotatable bonds is 12. The average Bonchev–Trinajstić information content (AvgIpc) is 2.54. The molecule has 0 bridgehead atoms. The molecule has 0 spiro atoms. The zero-order valence-electron chi connectivity index (χ0n) is 15.1. The van der Waals surface area contributed by atoms with E-state index in [0.29, 0.717) is 0 Å². The molecule has 0 aliphatic rings. The van der Waals surface area contributed by atoms with Crippen molar-refractivity contribution in [3.05, 3.63) is 41.8 Å². The van der Waals surface area contributed by atoms with Crippen LogP contribution in [0, 0.1) is 5.92 Å². The van der Waals surface area contributed by atoms with Gasteiger partial charge in [-0.2, -0.15) is 0 Å². The van der Waals surface area contributed by atoms with Crippen LogP contribution in [-0.2, 0) is 6.42 Å². The van der Waals surface area contributed by atoms with Crippen molar-refractivity contribution in [2.75, 3.05) is 0 Å². The molecule has 1 rings (SSSR count). The number of hydrogen-bond acceptors (Lipinski definition) is 0. The van der Waals surface area contributed by atoms with Gasteiger partial charge in [0.1, 0.15) is 0 Å². The van der Waals surface area contributed by atoms with Crippen LogP contribution in [0.3, 0.4) is 0 Å². The van der Waals surface area contributed by atoms with Crippen LogP contribution < -0.4 is 0 Å². The first-order valence-electron chi connectivity index (χ1n) is 9.18. The minimum absolute atomic E-state index is 0.00925. The molecule has 0 N–H and O–H groups in total. The van der Waals surface area contributed by atoms with Gasteiger partial charge in [0, 0.05) is 0 Å². The second kappa shape index (κ2) is 11.4. The fourth-order valence-corrected chi connectivity index (χ4v) is 3.72. The third-order valence-electron chi connectivity index (χ3n) is 4.69. The Balaban J connectivity index is 2.43. The molecule has 1 aromatic carbocycles. The summed E-state index contributed by atoms with van der Waals surface area (Å²) in [5.74, 6) is 1.21. The minimum atomic E-state index is -0.439. The molecule has 1 radical (unpaired) electrons. The van der Waals surface area contributed by atoms with Crippen molar-refractivity contribution in [3.8, 4) is 0 Å². The van der Waals surface area contributed by atoms with Gasteiger partial charge in [0.25, 0.3) is 0 Å². The molecule has 131 valence electrons. The molecule has 0 aromatic heterocycles. The van der Waals surface area contributed by atoms with E-state index in [1.165, 1.54) is 56.4 Å². The van der Waals surface area contributed by atoms with E-state index in [0.717, 1.165) is 12.8 Å². The maximum Gasteiger partial charge on any atom is 0.0706 e. The summed E-state index contributed by atoms with van der Waals surface area (Å²) in [6.07, 6.45) is 11.0. The Morgan fingerprint density at radius 1 is 0.957 bits per heavy atom. The smallest absolute Gasteiger partial charge is 0.0706 e. The van der Waals surface area contributed by atoms with Crippen molar-refractivity contribution >= 4 is 23.2 Å². The minimum Gasteiger partial charge on any atom is -0.121 e. The molecule has 23 heavy (non-hydrogen) atoms. The topological polar surface area (TPSA) is 0 Å². The standard InChI is InChI=1S/C21H33Cl2/c1-4-5-6-7-8-9-13-16-20(22)21(23,18(2)3)17-19-14-11-10-12-15-19/h10-12,14-15,20H,4-9,13,16-17H2,1-3H3. The van der Waals surface area contributed by atoms with Crippen LogP contribution in [-0.4, -0.2) is 10.3 Å². The van der Waals surface area contributed by atoms with Crippen LogP contribution in [0.1, 0.15) is 77.7 Å². The Labute approximate surface area is 154 Å². The van der Waals surface area contributed by atoms with Crippen molar-refractivity contribution in [1.82, 2.24) is 0 Å². The third kappa shape index (κ3) is 7.48. The van der Waals surface area contributed by atoms with Gasteiger partial charge >= 0.3 is 0 Å². The Kier molecular flexibility index (Phi) is 10.3. The zero-order chi connectivity index (χ0) is 17.1. The number of hydrogen-bond donors (Lipinski definition) is 0. The number of benzene rings is 1. The lowest BCUT2D eigenvalue weighted by molar-refractivity contribution is 0.495. The summed E-state index contributed by atoms with van der Waals surface area (Å²) in [7, 11) is 0. The molecule has 0 amide bonds. The molecule has 0 heterocycles. The molecule has 2 heteroatoms. The lowest BCUT2D eigenvalue weighted by atomic mass is 9.83. The molecule has 2 unspecified atom stereocenters. The zero-order valence-corrected chi connectivity index (χ0v) is 16.6. The lowest BCUT2D eigenvalue weighted by Gasteiger charge is -2.35. The van der Waals surface area contributed by atoms with Gasteiger partial charge in [-0.1, -0.05) is 96.0 Å². The highest BCUT2D eigenvalue weighted by atomic mass is 35.5. The van der Waals surface area contributed by atoms with Crippen LogP contribution in [0.15, 0.2) is 30.3 Å². The van der Waals surface area contributed by atoms with Gasteiger partial charge in [-0.3, -0.25) is 0 Å². The summed E-state index contributed by atoms with van der Waals surface area (Å²) in [4.78, 5) is -0.439. The normalized spacial score (nSPS) is 15.6. The van der Waals surface area contributed by atoms with Gasteiger partial charge in [-0.05, 0) is 24.3 Å². The van der Waals surface area contributed by atoms with E-state index in [1.54, 1.807) is 0 Å². The molecule has 0 aliphatic heterocycles. The quantitative estimate of drug-likeness (QED) is 0.268. The van der Waals surface area contributed by atoms with Crippen LogP contribution in [0.5, 0.6) is 0 Å². The highest BCUT2D eigenvalue weighted by Gasteiger charge is 2.38. The van der Waals surface area contributed by atoms with Crippen LogP contribution >= 0.6 is 23.2 Å². The molecule has 0 nitrogen and oxygen atoms in total. The summed E-state index contributed by atoms with van der Waals surface area (Å²) in [5.41, 5.74) is 1.26. The maximum absolute atomic E-state index is 6.97. The SMILES string of the molecule is CCCCCCCCCC(Cl)C(Cl)(Cc1ccccc1)[C](C)C. The van der Waals surface area contributed by atoms with Gasteiger partial charge in [-0.15, -0.1) is 23.2 Å². The summed E-state index contributed by atoms with van der Waals surface area (Å²) in [6.45, 7) is 6.47. The predicted octanol–water partition coefficient (Wildman–Crippen LogP) is 7.57. The monoisotopic (exact) mass is 355 g/mol. The van der Waals surface area contributed by atoms with E-state index >= 15 is 0 Å². The largest absolute Gasteiger partial charge is 0.121 e. The molecule has 0 fully saturated rings. The Hall–Kier alpha value is -0.200. The molecule has 1 aromatic rings. The molecular formula is C21H33Cl2. The van der Waals surface area contributed by atoms with Gasteiger partial charge in [0.15, 0.2) is 0 Å². The maximum atomic E-state index is 6.97. The average molecular weight is 356 g/mol. The van der Waals surface area contributed by atoms with E-state index in [-0.39, 0.29) is 5.38 Å². The van der Waals surface area contributed by atoms with Crippen molar-refractivity contribution in [2.24, 2.45) is 0 Å². The Bertz CT molecular complexity index is 402. The van der Waals surface area contributed by atoms with E-state index < -0.39 is 4.87 Å². The van der Waals surface area contributed by atoms with Gasteiger partial charge in [-0.25, -0.2) is 0 Å². The second-order valence-corrected chi connectivity index (χ2v) is 8.10. The third-order valence-corrected chi connectivity index (χ3v) is 6.17. The number of alkyl halides is 2. The molecular weight excluding hydrogens is 323 g/mol. The fourth-order valence-electron chi connectivity index (χ4n) is 3.00. The van der Waals surface area contributed by atoms with Crippen molar-refractivity contribution < 1.29 is 0 Å². The lowest BCUT2D eigenvalue weighted by Crippen LogP contribution is -2.39. The first-order chi connectivity index (χ1) is 11.0. The van der Waals surface area contributed by atoms with E-state index in [9.17, 15) is 0 Å². The van der Waals surface area contributed by atoms with Gasteiger partial charge < -0.3 is 0 Å². The van der Waals surface area contributed by atoms with Crippen molar-refractivity contribution in [1.29, 1.82) is 0 Å². The van der Waals surface area contributed by atoms with Gasteiger partial charge in [0.2, 0.25) is 0 Å². The molecule has 0 saturated heterocycles. The summed E-state index contributed by atoms with van der Waals surface area (Å²) < 4.78 is 0. The first kappa shape index (κ1) is 20.8. The first-order valence-corrected chi connectivity index (χ1v) is 9.99. The summed E-state index contributed by atoms with van der Waals surface area (Å²) in [5, 5.41) is -0.00925. The fraction of sp³-hybridized carbons (Fsp3) is 0.667. The Morgan fingerprint density at radius 2 is 1.52 bits per heavy atom. The highest BCUT2D eigenvalue weighted by molar-refractivity contribution is 6.33. The summed E-state index contributed by atoms with van der Waals surface area (Å²) in [6, 6.07) is 10.4. The van der Waals surface area contributed by atoms with Gasteiger partial charge in [0.05, 0.1) is 10.3 Å². The number of halogens is 2. The molecule has 2 atom stereocenters. The van der Waals surface area contributed by atoms with Crippen LogP contribution in [0.25, 0.3) is 0 Å². The van der Waals surface area contributed by atoms with E-state index in [4.69, 9.17) is 23.2 Å². The Morgan fingerprint density at radius 3 is 2.09 bits per heavy atom. The van der Waals surface area contributed by atoms with Crippen molar-refractivity contribution in [3.63, 3.8) is 0 Å². The molecule has 0 aliphatic carbocycles. The van der Waals surface area contributed by atoms with Crippen molar-refractivity contribution in [2.45, 2.75) is 88.8 Å². The summed E-state index contributed by atoms with van der Waals surface area (Å²) >= 11 is 13.7. The predicted molar refractivity (Wildman–Crippen MR) is 106 cm³/mol.